The predicted octanol–water partition coefficient (Wildman–Crippen LogP) is 6.42. The summed E-state index contributed by atoms with van der Waals surface area (Å²) in [6.45, 7) is 4.00. The zero-order valence-corrected chi connectivity index (χ0v) is 22.7. The Balaban J connectivity index is 0.000000518. The first kappa shape index (κ1) is 28.0. The Labute approximate surface area is 230 Å². The molecule has 0 amide bonds. The SMILES string of the molecule is C1CO1.C1CO1.COc1ccc(C(c2ccc(O)cc2)C(c2ccc(OC)cc2)c2ccc(OC)cc2)cc1. The lowest BCUT2D eigenvalue weighted by Gasteiger charge is -2.30. The van der Waals surface area contributed by atoms with Crippen LogP contribution in [0, 0.1) is 0 Å². The molecule has 4 aromatic carbocycles. The minimum absolute atomic E-state index is 0.00158. The molecule has 0 saturated carbocycles. The number of phenols is 1. The van der Waals surface area contributed by atoms with E-state index in [2.05, 4.69) is 45.9 Å². The standard InChI is InChI=1S/C29H28O4.2C2H4O/c1-31-25-14-6-21(7-15-25)28(20-4-12-24(30)13-5-20)29(22-8-16-26(32-2)17-9-22)23-10-18-27(33-3)19-11-23;2*1-2-3-1/h4-19,28-30H,1-3H3;2*1-2H2. The molecule has 6 rings (SSSR count). The molecule has 1 N–H and O–H groups in total. The lowest BCUT2D eigenvalue weighted by atomic mass is 9.73. The third-order valence-electron chi connectivity index (χ3n) is 6.42. The van der Waals surface area contributed by atoms with Crippen molar-refractivity contribution in [1.82, 2.24) is 0 Å². The highest BCUT2D eigenvalue weighted by Crippen LogP contribution is 2.44. The van der Waals surface area contributed by atoms with Crippen LogP contribution in [0.2, 0.25) is 0 Å². The Kier molecular flexibility index (Phi) is 10.2. The van der Waals surface area contributed by atoms with E-state index < -0.39 is 0 Å². The Morgan fingerprint density at radius 2 is 0.692 bits per heavy atom. The quantitative estimate of drug-likeness (QED) is 0.266. The third-order valence-corrected chi connectivity index (χ3v) is 6.42. The van der Waals surface area contributed by atoms with Crippen LogP contribution in [0.1, 0.15) is 34.1 Å². The molecule has 6 heteroatoms. The van der Waals surface area contributed by atoms with Gasteiger partial charge in [0.05, 0.1) is 47.8 Å². The largest absolute Gasteiger partial charge is 0.508 e. The van der Waals surface area contributed by atoms with Gasteiger partial charge in [-0.1, -0.05) is 48.5 Å². The molecule has 2 aliphatic rings. The second-order valence-corrected chi connectivity index (χ2v) is 9.09. The average Bonchev–Trinajstić information content (AvgIpc) is 3.88. The van der Waals surface area contributed by atoms with Crippen molar-refractivity contribution in [2.75, 3.05) is 47.8 Å². The van der Waals surface area contributed by atoms with Crippen LogP contribution < -0.4 is 14.2 Å². The first-order valence-corrected chi connectivity index (χ1v) is 13.0. The summed E-state index contributed by atoms with van der Waals surface area (Å²) in [5.41, 5.74) is 4.58. The van der Waals surface area contributed by atoms with Gasteiger partial charge in [0.25, 0.3) is 0 Å². The van der Waals surface area contributed by atoms with Crippen LogP contribution in [0.25, 0.3) is 0 Å². The van der Waals surface area contributed by atoms with E-state index >= 15 is 0 Å². The maximum atomic E-state index is 9.92. The van der Waals surface area contributed by atoms with Gasteiger partial charge in [-0.25, -0.2) is 0 Å². The second-order valence-electron chi connectivity index (χ2n) is 9.09. The van der Waals surface area contributed by atoms with Gasteiger partial charge in [0.1, 0.15) is 23.0 Å². The highest BCUT2D eigenvalue weighted by Gasteiger charge is 2.28. The molecule has 2 fully saturated rings. The summed E-state index contributed by atoms with van der Waals surface area (Å²) in [7, 11) is 5.02. The lowest BCUT2D eigenvalue weighted by molar-refractivity contribution is 0.414. The number of hydrogen-bond donors (Lipinski definition) is 1. The monoisotopic (exact) mass is 528 g/mol. The first-order chi connectivity index (χ1) is 19.1. The van der Waals surface area contributed by atoms with Crippen molar-refractivity contribution in [3.8, 4) is 23.0 Å². The van der Waals surface area contributed by atoms with Crippen LogP contribution in [-0.2, 0) is 9.47 Å². The number of benzene rings is 4. The number of epoxide rings is 2. The van der Waals surface area contributed by atoms with E-state index in [0.717, 1.165) is 65.9 Å². The molecule has 2 saturated heterocycles. The summed E-state index contributed by atoms with van der Waals surface area (Å²) in [6.07, 6.45) is 0. The fourth-order valence-corrected chi connectivity index (χ4v) is 4.27. The predicted molar refractivity (Wildman–Crippen MR) is 152 cm³/mol. The minimum Gasteiger partial charge on any atom is -0.508 e. The summed E-state index contributed by atoms with van der Waals surface area (Å²) in [5, 5.41) is 9.92. The number of hydrogen-bond acceptors (Lipinski definition) is 6. The van der Waals surface area contributed by atoms with Crippen LogP contribution in [0.4, 0.5) is 0 Å². The average molecular weight is 529 g/mol. The molecule has 4 aromatic rings. The van der Waals surface area contributed by atoms with E-state index in [4.69, 9.17) is 14.2 Å². The van der Waals surface area contributed by atoms with E-state index in [0.29, 0.717) is 0 Å². The first-order valence-electron chi connectivity index (χ1n) is 13.0. The van der Waals surface area contributed by atoms with Crippen LogP contribution in [0.15, 0.2) is 97.1 Å². The molecule has 1 atom stereocenters. The van der Waals surface area contributed by atoms with Crippen molar-refractivity contribution in [1.29, 1.82) is 0 Å². The van der Waals surface area contributed by atoms with Crippen molar-refractivity contribution in [2.24, 2.45) is 0 Å². The smallest absolute Gasteiger partial charge is 0.118 e. The van der Waals surface area contributed by atoms with Crippen molar-refractivity contribution < 1.29 is 28.8 Å². The van der Waals surface area contributed by atoms with Crippen LogP contribution in [-0.4, -0.2) is 52.9 Å². The summed E-state index contributed by atoms with van der Waals surface area (Å²) >= 11 is 0. The zero-order valence-electron chi connectivity index (χ0n) is 22.7. The van der Waals surface area contributed by atoms with E-state index in [-0.39, 0.29) is 17.6 Å². The Hall–Kier alpha value is -4.00. The molecule has 0 aromatic heterocycles. The molecular formula is C33H36O6. The highest BCUT2D eigenvalue weighted by atomic mass is 16.6. The van der Waals surface area contributed by atoms with Crippen LogP contribution in [0.3, 0.4) is 0 Å². The number of rotatable bonds is 8. The van der Waals surface area contributed by atoms with Crippen molar-refractivity contribution in [3.05, 3.63) is 119 Å². The van der Waals surface area contributed by atoms with Gasteiger partial charge in [-0.15, -0.1) is 0 Å². The maximum Gasteiger partial charge on any atom is 0.118 e. The van der Waals surface area contributed by atoms with E-state index in [9.17, 15) is 5.11 Å². The topological polar surface area (TPSA) is 73.0 Å². The van der Waals surface area contributed by atoms with Crippen molar-refractivity contribution >= 4 is 0 Å². The van der Waals surface area contributed by atoms with E-state index in [1.54, 1.807) is 33.5 Å². The Morgan fingerprint density at radius 3 is 0.897 bits per heavy atom. The number of ether oxygens (including phenoxy) is 5. The molecule has 0 radical (unpaired) electrons. The molecule has 0 aliphatic carbocycles. The number of methoxy groups -OCH3 is 3. The molecule has 1 unspecified atom stereocenters. The van der Waals surface area contributed by atoms with Gasteiger partial charge < -0.3 is 28.8 Å². The van der Waals surface area contributed by atoms with Crippen LogP contribution >= 0.6 is 0 Å². The van der Waals surface area contributed by atoms with Gasteiger partial charge in [0, 0.05) is 11.8 Å². The fraction of sp³-hybridized carbons (Fsp3) is 0.273. The summed E-state index contributed by atoms with van der Waals surface area (Å²) < 4.78 is 25.2. The Morgan fingerprint density at radius 1 is 0.462 bits per heavy atom. The van der Waals surface area contributed by atoms with Gasteiger partial charge in [-0.2, -0.15) is 0 Å². The maximum absolute atomic E-state index is 9.92. The molecular weight excluding hydrogens is 492 g/mol. The molecule has 2 aliphatic heterocycles. The third kappa shape index (κ3) is 8.50. The van der Waals surface area contributed by atoms with Crippen molar-refractivity contribution in [2.45, 2.75) is 11.8 Å². The number of aromatic hydroxyl groups is 1. The molecule has 204 valence electrons. The lowest BCUT2D eigenvalue weighted by Crippen LogP contribution is -2.15. The Bertz CT molecular complexity index is 1190. The molecule has 2 heterocycles. The van der Waals surface area contributed by atoms with E-state index in [1.807, 2.05) is 48.5 Å². The van der Waals surface area contributed by atoms with Gasteiger partial charge in [0.15, 0.2) is 0 Å². The fourth-order valence-electron chi connectivity index (χ4n) is 4.27. The minimum atomic E-state index is -0.00158. The van der Waals surface area contributed by atoms with Gasteiger partial charge in [-0.05, 0) is 70.8 Å². The zero-order chi connectivity index (χ0) is 27.5. The van der Waals surface area contributed by atoms with Crippen LogP contribution in [0.5, 0.6) is 23.0 Å². The molecule has 6 nitrogen and oxygen atoms in total. The summed E-state index contributed by atoms with van der Waals surface area (Å²) in [4.78, 5) is 0. The molecule has 0 bridgehead atoms. The molecule has 0 spiro atoms. The highest BCUT2D eigenvalue weighted by molar-refractivity contribution is 5.48. The van der Waals surface area contributed by atoms with Gasteiger partial charge in [0.2, 0.25) is 0 Å². The molecule has 39 heavy (non-hydrogen) atoms. The number of phenolic OH excluding ortho intramolecular Hbond substituents is 1. The van der Waals surface area contributed by atoms with Crippen molar-refractivity contribution in [3.63, 3.8) is 0 Å². The summed E-state index contributed by atoms with van der Waals surface area (Å²) in [6, 6.07) is 32.1. The second kappa shape index (κ2) is 14.2. The normalized spacial score (nSPS) is 13.6. The van der Waals surface area contributed by atoms with E-state index in [1.165, 1.54) is 0 Å². The summed E-state index contributed by atoms with van der Waals surface area (Å²) in [5.74, 6) is 2.71. The van der Waals surface area contributed by atoms with Gasteiger partial charge >= 0.3 is 0 Å². The van der Waals surface area contributed by atoms with Gasteiger partial charge in [-0.3, -0.25) is 0 Å².